The Bertz CT molecular complexity index is 2340. The van der Waals surface area contributed by atoms with Crippen LogP contribution >= 0.6 is 0 Å². The lowest BCUT2D eigenvalue weighted by molar-refractivity contribution is 0.0711. The number of carbonyl (C=O) groups is 3. The van der Waals surface area contributed by atoms with Crippen LogP contribution in [0, 0.1) is 12.7 Å². The first kappa shape index (κ1) is 41.3. The normalized spacial score (nSPS) is 16.3. The van der Waals surface area contributed by atoms with Gasteiger partial charge in [0.05, 0.1) is 17.3 Å². The number of anilines is 1. The van der Waals surface area contributed by atoms with Gasteiger partial charge in [-0.3, -0.25) is 14.5 Å². The third kappa shape index (κ3) is 9.55. The first-order chi connectivity index (χ1) is 28.5. The van der Waals surface area contributed by atoms with Gasteiger partial charge in [-0.1, -0.05) is 31.2 Å². The molecule has 0 bridgehead atoms. The number of nitrogens with zero attached hydrogens (tertiary/aromatic N) is 5. The van der Waals surface area contributed by atoms with E-state index in [0.717, 1.165) is 57.5 Å². The predicted octanol–water partition coefficient (Wildman–Crippen LogP) is 6.76. The van der Waals surface area contributed by atoms with Crippen molar-refractivity contribution in [3.05, 3.63) is 112 Å². The molecule has 2 fully saturated rings. The number of fused-ring (bicyclic) bond motifs is 1. The van der Waals surface area contributed by atoms with Gasteiger partial charge >= 0.3 is 6.09 Å². The highest BCUT2D eigenvalue weighted by Crippen LogP contribution is 2.32. The van der Waals surface area contributed by atoms with Gasteiger partial charge in [-0.25, -0.2) is 18.9 Å². The molecule has 310 valence electrons. The maximum absolute atomic E-state index is 15.3. The molecule has 2 aliphatic rings. The third-order valence-corrected chi connectivity index (χ3v) is 11.3. The third-order valence-electron chi connectivity index (χ3n) is 11.3. The van der Waals surface area contributed by atoms with Crippen molar-refractivity contribution in [2.45, 2.75) is 85.2 Å². The predicted molar refractivity (Wildman–Crippen MR) is 225 cm³/mol. The number of halogens is 1. The van der Waals surface area contributed by atoms with E-state index in [4.69, 9.17) is 9.72 Å². The zero-order valence-corrected chi connectivity index (χ0v) is 34.2. The van der Waals surface area contributed by atoms with Crippen LogP contribution in [0.25, 0.3) is 22.2 Å². The molecule has 0 radical (unpaired) electrons. The largest absolute Gasteiger partial charge is 0.465 e. The van der Waals surface area contributed by atoms with E-state index in [1.807, 2.05) is 55.9 Å². The van der Waals surface area contributed by atoms with Crippen LogP contribution in [0.1, 0.15) is 82.3 Å². The SMILES string of the molecule is CCc1nc2c(cnn2CC)c(NC2CCOCC2)c1CNC(=O)c1cc(C)cc(C(=O)NCc2ccc(F)c(-c3cccc(CN4CCN(C(=O)O)[C@@H](C)C4)c3)c2)c1. The number of nitrogens with one attached hydrogen (secondary N) is 3. The zero-order valence-electron chi connectivity index (χ0n) is 34.2. The number of benzene rings is 3. The summed E-state index contributed by atoms with van der Waals surface area (Å²) < 4.78 is 22.7. The molecule has 3 amide bonds. The van der Waals surface area contributed by atoms with Crippen molar-refractivity contribution in [2.75, 3.05) is 38.2 Å². The number of hydrogen-bond acceptors (Lipinski definition) is 8. The summed E-state index contributed by atoms with van der Waals surface area (Å²) in [5, 5.41) is 24.7. The van der Waals surface area contributed by atoms with Crippen LogP contribution < -0.4 is 16.0 Å². The summed E-state index contributed by atoms with van der Waals surface area (Å²) in [6.07, 6.45) is 3.35. The van der Waals surface area contributed by atoms with E-state index in [9.17, 15) is 19.5 Å². The summed E-state index contributed by atoms with van der Waals surface area (Å²) in [6.45, 7) is 12.6. The Kier molecular flexibility index (Phi) is 12.9. The van der Waals surface area contributed by atoms with Crippen molar-refractivity contribution >= 4 is 34.6 Å². The summed E-state index contributed by atoms with van der Waals surface area (Å²) in [7, 11) is 0. The van der Waals surface area contributed by atoms with Crippen LogP contribution in [0.3, 0.4) is 0 Å². The summed E-state index contributed by atoms with van der Waals surface area (Å²) in [6, 6.07) is 17.7. The number of aryl methyl sites for hydroxylation is 3. The second kappa shape index (κ2) is 18.4. The average Bonchev–Trinajstić information content (AvgIpc) is 3.65. The van der Waals surface area contributed by atoms with Gasteiger partial charge in [0.25, 0.3) is 11.8 Å². The van der Waals surface area contributed by atoms with E-state index in [0.29, 0.717) is 74.6 Å². The van der Waals surface area contributed by atoms with E-state index in [-0.39, 0.29) is 42.8 Å². The first-order valence-electron chi connectivity index (χ1n) is 20.5. The Morgan fingerprint density at radius 3 is 2.37 bits per heavy atom. The minimum atomic E-state index is -0.907. The molecule has 14 heteroatoms. The van der Waals surface area contributed by atoms with Gasteiger partial charge in [0.15, 0.2) is 5.65 Å². The summed E-state index contributed by atoms with van der Waals surface area (Å²) in [4.78, 5) is 47.4. The Labute approximate surface area is 343 Å². The van der Waals surface area contributed by atoms with Crippen LogP contribution in [0.5, 0.6) is 0 Å². The molecule has 1 atom stereocenters. The van der Waals surface area contributed by atoms with Gasteiger partial charge in [-0.2, -0.15) is 5.10 Å². The topological polar surface area (TPSA) is 154 Å². The molecule has 7 rings (SSSR count). The van der Waals surface area contributed by atoms with E-state index >= 15 is 4.39 Å². The van der Waals surface area contributed by atoms with Gasteiger partial charge < -0.3 is 30.7 Å². The lowest BCUT2D eigenvalue weighted by atomic mass is 9.99. The van der Waals surface area contributed by atoms with Gasteiger partial charge in [0.2, 0.25) is 0 Å². The zero-order chi connectivity index (χ0) is 41.6. The van der Waals surface area contributed by atoms with Crippen molar-refractivity contribution < 1.29 is 28.6 Å². The van der Waals surface area contributed by atoms with E-state index < -0.39 is 6.09 Å². The number of carboxylic acid groups (broad SMARTS) is 1. The molecular weight excluding hydrogens is 752 g/mol. The van der Waals surface area contributed by atoms with Crippen LogP contribution in [0.15, 0.2) is 66.9 Å². The Morgan fingerprint density at radius 1 is 0.932 bits per heavy atom. The molecule has 2 saturated heterocycles. The van der Waals surface area contributed by atoms with Crippen molar-refractivity contribution in [2.24, 2.45) is 0 Å². The van der Waals surface area contributed by atoms with Crippen molar-refractivity contribution in [1.29, 1.82) is 0 Å². The molecule has 4 N–H and O–H groups in total. The fourth-order valence-corrected chi connectivity index (χ4v) is 8.16. The maximum atomic E-state index is 15.3. The van der Waals surface area contributed by atoms with E-state index in [1.165, 1.54) is 11.0 Å². The fourth-order valence-electron chi connectivity index (χ4n) is 8.16. The van der Waals surface area contributed by atoms with Gasteiger partial charge in [0.1, 0.15) is 5.82 Å². The Hall–Kier alpha value is -5.86. The van der Waals surface area contributed by atoms with Crippen LogP contribution in [0.4, 0.5) is 14.9 Å². The summed E-state index contributed by atoms with van der Waals surface area (Å²) in [5.74, 6) is -1.04. The minimum absolute atomic E-state index is 0.119. The molecule has 3 aromatic carbocycles. The number of pyridine rings is 1. The number of piperazine rings is 1. The van der Waals surface area contributed by atoms with Gasteiger partial charge in [-0.05, 0) is 98.7 Å². The summed E-state index contributed by atoms with van der Waals surface area (Å²) in [5.41, 5.74) is 7.85. The number of ether oxygens (including phenoxy) is 1. The van der Waals surface area contributed by atoms with Crippen LogP contribution in [-0.2, 0) is 37.3 Å². The second-order valence-corrected chi connectivity index (χ2v) is 15.5. The molecule has 5 aromatic rings. The quantitative estimate of drug-likeness (QED) is 0.101. The second-order valence-electron chi connectivity index (χ2n) is 15.5. The number of hydrogen-bond donors (Lipinski definition) is 4. The Balaban J connectivity index is 1.02. The molecule has 0 spiro atoms. The molecule has 0 saturated carbocycles. The van der Waals surface area contributed by atoms with Gasteiger partial charge in [-0.15, -0.1) is 0 Å². The lowest BCUT2D eigenvalue weighted by Crippen LogP contribution is -2.53. The van der Waals surface area contributed by atoms with E-state index in [2.05, 4.69) is 32.9 Å². The highest BCUT2D eigenvalue weighted by Gasteiger charge is 2.27. The van der Waals surface area contributed by atoms with Crippen molar-refractivity contribution in [3.63, 3.8) is 0 Å². The highest BCUT2D eigenvalue weighted by atomic mass is 19.1. The maximum Gasteiger partial charge on any atom is 0.407 e. The molecule has 4 heterocycles. The minimum Gasteiger partial charge on any atom is -0.465 e. The molecule has 0 unspecified atom stereocenters. The average molecular weight is 805 g/mol. The first-order valence-corrected chi connectivity index (χ1v) is 20.5. The molecular formula is C45H53FN8O5. The molecule has 2 aliphatic heterocycles. The molecule has 13 nitrogen and oxygen atoms in total. The number of carbonyl (C=O) groups excluding carboxylic acids is 2. The summed E-state index contributed by atoms with van der Waals surface area (Å²) >= 11 is 0. The molecule has 0 aliphatic carbocycles. The molecule has 59 heavy (non-hydrogen) atoms. The molecule has 2 aromatic heterocycles. The number of rotatable bonds is 13. The number of amides is 3. The Morgan fingerprint density at radius 2 is 1.68 bits per heavy atom. The fraction of sp³-hybridized carbons (Fsp3) is 0.400. The van der Waals surface area contributed by atoms with Crippen molar-refractivity contribution in [3.8, 4) is 11.1 Å². The van der Waals surface area contributed by atoms with Crippen molar-refractivity contribution in [1.82, 2.24) is 35.2 Å². The smallest absolute Gasteiger partial charge is 0.407 e. The monoisotopic (exact) mass is 804 g/mol. The standard InChI is InChI=1S/C45H53FN8O5/c1-5-40-37(41(50-35-12-16-59-17-13-35)38-25-49-54(6-2)42(38)51-40)24-48-44(56)34-19-28(3)18-33(22-34)43(55)47-23-30-10-11-39(46)36(21-30)32-9-7-8-31(20-32)27-52-14-15-53(45(57)58)29(4)26-52/h7-11,18-22,25,29,35H,5-6,12-17,23-24,26-27H2,1-4H3,(H,47,55)(H,48,56)(H,50,51)(H,57,58)/t29-/m0/s1. The van der Waals surface area contributed by atoms with E-state index in [1.54, 1.807) is 30.3 Å². The highest BCUT2D eigenvalue weighted by molar-refractivity contribution is 6.00. The lowest BCUT2D eigenvalue weighted by Gasteiger charge is -2.38. The van der Waals surface area contributed by atoms with Crippen LogP contribution in [0.2, 0.25) is 0 Å². The van der Waals surface area contributed by atoms with Crippen LogP contribution in [-0.4, -0.2) is 92.5 Å². The number of aromatic nitrogens is 3. The van der Waals surface area contributed by atoms with Gasteiger partial charge in [0, 0.05) is 99.1 Å².